The maximum absolute atomic E-state index is 5.55. The summed E-state index contributed by atoms with van der Waals surface area (Å²) in [6.45, 7) is 4.60. The minimum atomic E-state index is 0.0611. The number of hydrogen-bond acceptors (Lipinski definition) is 4. The van der Waals surface area contributed by atoms with Gasteiger partial charge in [-0.25, -0.2) is 4.98 Å². The van der Waals surface area contributed by atoms with Gasteiger partial charge in [-0.3, -0.25) is 4.98 Å². The fraction of sp³-hybridized carbons (Fsp3) is 0.467. The van der Waals surface area contributed by atoms with Crippen molar-refractivity contribution in [2.75, 3.05) is 13.2 Å². The quantitative estimate of drug-likeness (QED) is 0.916. The molecular formula is C15H19N3O. The third-order valence-corrected chi connectivity index (χ3v) is 3.63. The molecule has 2 aromatic rings. The van der Waals surface area contributed by atoms with Gasteiger partial charge in [0.2, 0.25) is 0 Å². The van der Waals surface area contributed by atoms with Crippen LogP contribution in [0.25, 0.3) is 11.0 Å². The van der Waals surface area contributed by atoms with Gasteiger partial charge >= 0.3 is 0 Å². The van der Waals surface area contributed by atoms with Crippen molar-refractivity contribution in [2.45, 2.75) is 31.8 Å². The summed E-state index contributed by atoms with van der Waals surface area (Å²) in [4.78, 5) is 9.06. The average molecular weight is 257 g/mol. The molecule has 0 amide bonds. The van der Waals surface area contributed by atoms with Gasteiger partial charge < -0.3 is 10.1 Å². The molecule has 0 bridgehead atoms. The van der Waals surface area contributed by atoms with Gasteiger partial charge in [-0.1, -0.05) is 12.1 Å². The molecule has 0 spiro atoms. The standard InChI is InChI=1S/C15H19N3O/c1-15(7-4-8-19-11-15)17-10-12-9-16-13-5-2-3-6-14(13)18-12/h2-3,5-6,9,17H,4,7-8,10-11H2,1H3. The van der Waals surface area contributed by atoms with Crippen molar-refractivity contribution in [2.24, 2.45) is 0 Å². The molecule has 1 unspecified atom stereocenters. The molecule has 1 N–H and O–H groups in total. The van der Waals surface area contributed by atoms with E-state index in [0.717, 1.165) is 49.3 Å². The van der Waals surface area contributed by atoms with Crippen LogP contribution in [0, 0.1) is 0 Å². The number of aromatic nitrogens is 2. The number of fused-ring (bicyclic) bond motifs is 1. The maximum Gasteiger partial charge on any atom is 0.0890 e. The normalized spacial score (nSPS) is 23.6. The molecule has 4 heteroatoms. The first-order valence-corrected chi connectivity index (χ1v) is 6.79. The van der Waals surface area contributed by atoms with Crippen molar-refractivity contribution >= 4 is 11.0 Å². The van der Waals surface area contributed by atoms with E-state index in [9.17, 15) is 0 Å². The molecule has 2 heterocycles. The lowest BCUT2D eigenvalue weighted by molar-refractivity contribution is 0.0276. The highest BCUT2D eigenvalue weighted by atomic mass is 16.5. The van der Waals surface area contributed by atoms with Gasteiger partial charge in [0.15, 0.2) is 0 Å². The van der Waals surface area contributed by atoms with Gasteiger partial charge in [0.05, 0.1) is 29.5 Å². The summed E-state index contributed by atoms with van der Waals surface area (Å²) >= 11 is 0. The van der Waals surface area contributed by atoms with Crippen molar-refractivity contribution < 1.29 is 4.74 Å². The zero-order valence-electron chi connectivity index (χ0n) is 11.2. The summed E-state index contributed by atoms with van der Waals surface area (Å²) in [6, 6.07) is 7.95. The average Bonchev–Trinajstić information content (AvgIpc) is 2.46. The second kappa shape index (κ2) is 5.23. The van der Waals surface area contributed by atoms with E-state index in [4.69, 9.17) is 4.74 Å². The van der Waals surface area contributed by atoms with Gasteiger partial charge in [-0.15, -0.1) is 0 Å². The third-order valence-electron chi connectivity index (χ3n) is 3.63. The van der Waals surface area contributed by atoms with Crippen LogP contribution in [0.1, 0.15) is 25.5 Å². The van der Waals surface area contributed by atoms with Crippen LogP contribution in [0.15, 0.2) is 30.5 Å². The third kappa shape index (κ3) is 2.91. The number of nitrogens with zero attached hydrogens (tertiary/aromatic N) is 2. The largest absolute Gasteiger partial charge is 0.380 e. The first-order valence-electron chi connectivity index (χ1n) is 6.79. The topological polar surface area (TPSA) is 47.0 Å². The summed E-state index contributed by atoms with van der Waals surface area (Å²) in [5, 5.41) is 3.55. The van der Waals surface area contributed by atoms with Crippen LogP contribution in [0.2, 0.25) is 0 Å². The highest BCUT2D eigenvalue weighted by Crippen LogP contribution is 2.19. The van der Waals surface area contributed by atoms with Crippen LogP contribution in [0.5, 0.6) is 0 Å². The number of rotatable bonds is 3. The number of nitrogens with one attached hydrogen (secondary N) is 1. The molecule has 1 aromatic carbocycles. The number of ether oxygens (including phenoxy) is 1. The summed E-state index contributed by atoms with van der Waals surface area (Å²) < 4.78 is 5.55. The zero-order valence-corrected chi connectivity index (χ0v) is 11.2. The monoisotopic (exact) mass is 257 g/mol. The van der Waals surface area contributed by atoms with Crippen LogP contribution in [-0.4, -0.2) is 28.7 Å². The molecule has 100 valence electrons. The lowest BCUT2D eigenvalue weighted by Crippen LogP contribution is -2.48. The Morgan fingerprint density at radius 3 is 2.95 bits per heavy atom. The smallest absolute Gasteiger partial charge is 0.0890 e. The van der Waals surface area contributed by atoms with Crippen molar-refractivity contribution in [3.8, 4) is 0 Å². The van der Waals surface area contributed by atoms with Crippen molar-refractivity contribution in [3.63, 3.8) is 0 Å². The number of para-hydroxylation sites is 2. The van der Waals surface area contributed by atoms with E-state index in [1.165, 1.54) is 0 Å². The van der Waals surface area contributed by atoms with Gasteiger partial charge in [-0.05, 0) is 31.9 Å². The van der Waals surface area contributed by atoms with E-state index in [0.29, 0.717) is 0 Å². The number of benzene rings is 1. The van der Waals surface area contributed by atoms with Gasteiger partial charge in [-0.2, -0.15) is 0 Å². The molecule has 1 fully saturated rings. The predicted molar refractivity (Wildman–Crippen MR) is 74.8 cm³/mol. The fourth-order valence-corrected chi connectivity index (χ4v) is 2.46. The van der Waals surface area contributed by atoms with Crippen LogP contribution in [-0.2, 0) is 11.3 Å². The highest BCUT2D eigenvalue weighted by Gasteiger charge is 2.26. The molecule has 4 nitrogen and oxygen atoms in total. The predicted octanol–water partition coefficient (Wildman–Crippen LogP) is 2.29. The molecule has 1 aliphatic heterocycles. The van der Waals surface area contributed by atoms with E-state index in [1.807, 2.05) is 30.5 Å². The molecule has 1 aliphatic rings. The Balaban J connectivity index is 1.71. The van der Waals surface area contributed by atoms with E-state index in [-0.39, 0.29) is 5.54 Å². The SMILES string of the molecule is CC1(NCc2cnc3ccccc3n2)CCCOC1. The van der Waals surface area contributed by atoms with Gasteiger partial charge in [0.25, 0.3) is 0 Å². The van der Waals surface area contributed by atoms with Gasteiger partial charge in [0, 0.05) is 18.7 Å². The minimum Gasteiger partial charge on any atom is -0.380 e. The molecule has 0 radical (unpaired) electrons. The van der Waals surface area contributed by atoms with Crippen LogP contribution < -0.4 is 5.32 Å². The Labute approximate surface area is 113 Å². The first-order chi connectivity index (χ1) is 9.25. The molecular weight excluding hydrogens is 238 g/mol. The fourth-order valence-electron chi connectivity index (χ4n) is 2.46. The Morgan fingerprint density at radius 2 is 2.16 bits per heavy atom. The molecule has 0 aliphatic carbocycles. The van der Waals surface area contributed by atoms with Crippen molar-refractivity contribution in [1.82, 2.24) is 15.3 Å². The van der Waals surface area contributed by atoms with Crippen LogP contribution in [0.4, 0.5) is 0 Å². The molecule has 1 saturated heterocycles. The summed E-state index contributed by atoms with van der Waals surface area (Å²) in [6.07, 6.45) is 4.11. The Bertz CT molecular complexity index is 564. The van der Waals surface area contributed by atoms with Crippen molar-refractivity contribution in [1.29, 1.82) is 0 Å². The molecule has 19 heavy (non-hydrogen) atoms. The second-order valence-corrected chi connectivity index (χ2v) is 5.42. The van der Waals surface area contributed by atoms with E-state index in [2.05, 4.69) is 22.2 Å². The second-order valence-electron chi connectivity index (χ2n) is 5.42. The lowest BCUT2D eigenvalue weighted by Gasteiger charge is -2.34. The maximum atomic E-state index is 5.55. The molecule has 3 rings (SSSR count). The van der Waals surface area contributed by atoms with Crippen LogP contribution >= 0.6 is 0 Å². The van der Waals surface area contributed by atoms with Crippen LogP contribution in [0.3, 0.4) is 0 Å². The van der Waals surface area contributed by atoms with E-state index in [1.54, 1.807) is 0 Å². The van der Waals surface area contributed by atoms with E-state index >= 15 is 0 Å². The zero-order chi connectivity index (χ0) is 13.1. The Morgan fingerprint density at radius 1 is 1.32 bits per heavy atom. The number of hydrogen-bond donors (Lipinski definition) is 1. The highest BCUT2D eigenvalue weighted by molar-refractivity contribution is 5.73. The first kappa shape index (κ1) is 12.5. The summed E-state index contributed by atoms with van der Waals surface area (Å²) in [7, 11) is 0. The molecule has 1 atom stereocenters. The summed E-state index contributed by atoms with van der Waals surface area (Å²) in [5.74, 6) is 0. The summed E-state index contributed by atoms with van der Waals surface area (Å²) in [5.41, 5.74) is 2.93. The van der Waals surface area contributed by atoms with Gasteiger partial charge in [0.1, 0.15) is 0 Å². The lowest BCUT2D eigenvalue weighted by atomic mass is 9.95. The Kier molecular flexibility index (Phi) is 3.44. The Hall–Kier alpha value is -1.52. The molecule has 0 saturated carbocycles. The van der Waals surface area contributed by atoms with E-state index < -0.39 is 0 Å². The molecule has 1 aromatic heterocycles. The minimum absolute atomic E-state index is 0.0611. The van der Waals surface area contributed by atoms with Crippen molar-refractivity contribution in [3.05, 3.63) is 36.2 Å².